The van der Waals surface area contributed by atoms with Crippen LogP contribution in [-0.2, 0) is 6.54 Å². The normalized spacial score (nSPS) is 10.6. The molecule has 0 atom stereocenters. The molecule has 2 aromatic heterocycles. The second-order valence-corrected chi connectivity index (χ2v) is 5.14. The van der Waals surface area contributed by atoms with Gasteiger partial charge in [-0.25, -0.2) is 9.67 Å². The van der Waals surface area contributed by atoms with Crippen LogP contribution in [-0.4, -0.2) is 14.8 Å². The summed E-state index contributed by atoms with van der Waals surface area (Å²) >= 11 is 5.89. The highest BCUT2D eigenvalue weighted by Crippen LogP contribution is 2.17. The standard InChI is InChI=1S/C16H15ClN4/c1-12-7-9-21(20-12)15-5-3-2-4-13(15)11-19-14-6-8-18-16(17)10-14/h2-10H,11H2,1H3,(H,18,19). The van der Waals surface area contributed by atoms with Crippen LogP contribution in [0.4, 0.5) is 5.69 Å². The van der Waals surface area contributed by atoms with Gasteiger partial charge in [0.1, 0.15) is 5.15 Å². The third-order valence-electron chi connectivity index (χ3n) is 3.17. The fraction of sp³-hybridized carbons (Fsp3) is 0.125. The van der Waals surface area contributed by atoms with Crippen LogP contribution in [0.15, 0.2) is 54.9 Å². The van der Waals surface area contributed by atoms with Crippen LogP contribution < -0.4 is 5.32 Å². The van der Waals surface area contributed by atoms with E-state index in [1.165, 1.54) is 0 Å². The minimum absolute atomic E-state index is 0.482. The zero-order valence-corrected chi connectivity index (χ0v) is 12.4. The van der Waals surface area contributed by atoms with Gasteiger partial charge in [0.2, 0.25) is 0 Å². The summed E-state index contributed by atoms with van der Waals surface area (Å²) in [4.78, 5) is 3.97. The second-order valence-electron chi connectivity index (χ2n) is 4.75. The van der Waals surface area contributed by atoms with E-state index in [-0.39, 0.29) is 0 Å². The molecule has 0 saturated carbocycles. The van der Waals surface area contributed by atoms with E-state index in [1.54, 1.807) is 6.20 Å². The molecule has 106 valence electrons. The van der Waals surface area contributed by atoms with Gasteiger partial charge in [-0.3, -0.25) is 0 Å². The molecule has 0 bridgehead atoms. The van der Waals surface area contributed by atoms with Gasteiger partial charge in [-0.2, -0.15) is 5.10 Å². The van der Waals surface area contributed by atoms with Crippen molar-refractivity contribution in [3.8, 4) is 5.69 Å². The van der Waals surface area contributed by atoms with E-state index >= 15 is 0 Å². The Balaban J connectivity index is 1.83. The number of hydrogen-bond acceptors (Lipinski definition) is 3. The van der Waals surface area contributed by atoms with Gasteiger partial charge < -0.3 is 5.32 Å². The molecule has 1 N–H and O–H groups in total. The molecule has 2 heterocycles. The van der Waals surface area contributed by atoms with Crippen LogP contribution >= 0.6 is 11.6 Å². The highest BCUT2D eigenvalue weighted by atomic mass is 35.5. The van der Waals surface area contributed by atoms with Crippen LogP contribution in [0.2, 0.25) is 5.15 Å². The van der Waals surface area contributed by atoms with Gasteiger partial charge in [0.05, 0.1) is 11.4 Å². The number of nitrogens with zero attached hydrogens (tertiary/aromatic N) is 3. The molecular weight excluding hydrogens is 284 g/mol. The van der Waals surface area contributed by atoms with E-state index in [1.807, 2.05) is 48.1 Å². The molecule has 0 aliphatic carbocycles. The number of para-hydroxylation sites is 1. The van der Waals surface area contributed by atoms with Gasteiger partial charge in [-0.05, 0) is 36.8 Å². The summed E-state index contributed by atoms with van der Waals surface area (Å²) in [5.41, 5.74) is 4.17. The molecule has 0 saturated heterocycles. The van der Waals surface area contributed by atoms with Crippen molar-refractivity contribution in [1.29, 1.82) is 0 Å². The number of pyridine rings is 1. The summed E-state index contributed by atoms with van der Waals surface area (Å²) in [6, 6.07) is 13.9. The van der Waals surface area contributed by atoms with Crippen molar-refractivity contribution in [3.05, 3.63) is 71.3 Å². The summed E-state index contributed by atoms with van der Waals surface area (Å²) in [6.45, 7) is 2.67. The first-order valence-electron chi connectivity index (χ1n) is 6.68. The average Bonchev–Trinajstić information content (AvgIpc) is 2.92. The minimum atomic E-state index is 0.482. The minimum Gasteiger partial charge on any atom is -0.381 e. The van der Waals surface area contributed by atoms with Crippen molar-refractivity contribution >= 4 is 17.3 Å². The third kappa shape index (κ3) is 3.23. The van der Waals surface area contributed by atoms with Gasteiger partial charge >= 0.3 is 0 Å². The molecular formula is C16H15ClN4. The van der Waals surface area contributed by atoms with Crippen molar-refractivity contribution in [2.24, 2.45) is 0 Å². The van der Waals surface area contributed by atoms with Crippen molar-refractivity contribution < 1.29 is 0 Å². The van der Waals surface area contributed by atoms with Gasteiger partial charge in [0.15, 0.2) is 0 Å². The van der Waals surface area contributed by atoms with Crippen molar-refractivity contribution in [2.75, 3.05) is 5.32 Å². The topological polar surface area (TPSA) is 42.7 Å². The van der Waals surface area contributed by atoms with Crippen molar-refractivity contribution in [3.63, 3.8) is 0 Å². The Morgan fingerprint density at radius 1 is 1.19 bits per heavy atom. The van der Waals surface area contributed by atoms with Crippen LogP contribution in [0, 0.1) is 6.92 Å². The van der Waals surface area contributed by atoms with Crippen LogP contribution in [0.3, 0.4) is 0 Å². The van der Waals surface area contributed by atoms with Crippen molar-refractivity contribution in [2.45, 2.75) is 13.5 Å². The first kappa shape index (κ1) is 13.6. The van der Waals surface area contributed by atoms with Crippen molar-refractivity contribution in [1.82, 2.24) is 14.8 Å². The molecule has 0 aliphatic heterocycles. The Kier molecular flexibility index (Phi) is 3.88. The molecule has 1 aromatic carbocycles. The molecule has 0 fully saturated rings. The number of benzene rings is 1. The number of aryl methyl sites for hydroxylation is 1. The lowest BCUT2D eigenvalue weighted by molar-refractivity contribution is 0.848. The largest absolute Gasteiger partial charge is 0.381 e. The average molecular weight is 299 g/mol. The van der Waals surface area contributed by atoms with Gasteiger partial charge in [-0.1, -0.05) is 29.8 Å². The maximum Gasteiger partial charge on any atom is 0.131 e. The third-order valence-corrected chi connectivity index (χ3v) is 3.38. The molecule has 0 radical (unpaired) electrons. The van der Waals surface area contributed by atoms with Gasteiger partial charge in [0, 0.05) is 24.6 Å². The van der Waals surface area contributed by atoms with Crippen LogP contribution in [0.5, 0.6) is 0 Å². The van der Waals surface area contributed by atoms with E-state index in [2.05, 4.69) is 27.5 Å². The first-order valence-corrected chi connectivity index (χ1v) is 7.06. The summed E-state index contributed by atoms with van der Waals surface area (Å²) in [7, 11) is 0. The van der Waals surface area contributed by atoms with Crippen LogP contribution in [0.25, 0.3) is 5.69 Å². The highest BCUT2D eigenvalue weighted by molar-refractivity contribution is 6.29. The monoisotopic (exact) mass is 298 g/mol. The lowest BCUT2D eigenvalue weighted by Gasteiger charge is -2.11. The maximum absolute atomic E-state index is 5.89. The van der Waals surface area contributed by atoms with E-state index in [0.29, 0.717) is 11.7 Å². The van der Waals surface area contributed by atoms with E-state index in [4.69, 9.17) is 11.6 Å². The predicted molar refractivity (Wildman–Crippen MR) is 84.9 cm³/mol. The Hall–Kier alpha value is -2.33. The summed E-state index contributed by atoms with van der Waals surface area (Å²) in [5.74, 6) is 0. The molecule has 0 unspecified atom stereocenters. The number of aromatic nitrogens is 3. The fourth-order valence-electron chi connectivity index (χ4n) is 2.14. The highest BCUT2D eigenvalue weighted by Gasteiger charge is 2.05. The molecule has 0 aliphatic rings. The molecule has 0 amide bonds. The molecule has 0 spiro atoms. The SMILES string of the molecule is Cc1ccn(-c2ccccc2CNc2ccnc(Cl)c2)n1. The van der Waals surface area contributed by atoms with E-state index in [0.717, 1.165) is 22.6 Å². The molecule has 4 nitrogen and oxygen atoms in total. The predicted octanol–water partition coefficient (Wildman–Crippen LogP) is 3.84. The van der Waals surface area contributed by atoms with Gasteiger partial charge in [0.25, 0.3) is 0 Å². The lowest BCUT2D eigenvalue weighted by Crippen LogP contribution is -2.05. The van der Waals surface area contributed by atoms with E-state index < -0.39 is 0 Å². The number of nitrogens with one attached hydrogen (secondary N) is 1. The number of hydrogen-bond donors (Lipinski definition) is 1. The smallest absolute Gasteiger partial charge is 0.131 e. The number of rotatable bonds is 4. The van der Waals surface area contributed by atoms with E-state index in [9.17, 15) is 0 Å². The summed E-state index contributed by atoms with van der Waals surface area (Å²) in [5, 5.41) is 8.30. The lowest BCUT2D eigenvalue weighted by atomic mass is 10.1. The molecule has 3 aromatic rings. The molecule has 5 heteroatoms. The quantitative estimate of drug-likeness (QED) is 0.744. The second kappa shape index (κ2) is 5.97. The number of halogens is 1. The Morgan fingerprint density at radius 3 is 2.81 bits per heavy atom. The van der Waals surface area contributed by atoms with Crippen LogP contribution in [0.1, 0.15) is 11.3 Å². The maximum atomic E-state index is 5.89. The Bertz CT molecular complexity index is 751. The Morgan fingerprint density at radius 2 is 2.05 bits per heavy atom. The number of anilines is 1. The zero-order chi connectivity index (χ0) is 14.7. The molecule has 3 rings (SSSR count). The summed E-state index contributed by atoms with van der Waals surface area (Å²) in [6.07, 6.45) is 3.66. The first-order chi connectivity index (χ1) is 10.2. The molecule has 21 heavy (non-hydrogen) atoms. The Labute approximate surface area is 128 Å². The summed E-state index contributed by atoms with van der Waals surface area (Å²) < 4.78 is 1.89. The fourth-order valence-corrected chi connectivity index (χ4v) is 2.32. The van der Waals surface area contributed by atoms with Gasteiger partial charge in [-0.15, -0.1) is 0 Å². The zero-order valence-electron chi connectivity index (χ0n) is 11.6.